The largest absolute Gasteiger partial charge is 0.319 e. The molecule has 1 amide bonds. The molecule has 3 rings (SSSR count). The summed E-state index contributed by atoms with van der Waals surface area (Å²) in [6.45, 7) is 6.25. The third-order valence-corrected chi connectivity index (χ3v) is 4.25. The van der Waals surface area contributed by atoms with Gasteiger partial charge >= 0.3 is 0 Å². The Bertz CT molecular complexity index is 881. The molecule has 2 aromatic carbocycles. The molecule has 0 bridgehead atoms. The quantitative estimate of drug-likeness (QED) is 0.698. The first-order chi connectivity index (χ1) is 12.1. The maximum absolute atomic E-state index is 12.6. The van der Waals surface area contributed by atoms with E-state index in [-0.39, 0.29) is 5.91 Å². The number of aromatic nitrogens is 2. The molecule has 2 N–H and O–H groups in total. The number of nitrogens with one attached hydrogen (secondary N) is 2. The summed E-state index contributed by atoms with van der Waals surface area (Å²) in [6, 6.07) is 15.5. The highest BCUT2D eigenvalue weighted by atomic mass is 16.1. The number of aryl methyl sites for hydroxylation is 3. The molecule has 0 aliphatic carbocycles. The molecule has 0 aliphatic heterocycles. The smallest absolute Gasteiger partial charge is 0.255 e. The SMILES string of the molecule is CCCc1[nH]nc(-c2ccc(C)cc2C)c1NC(=O)c1ccccc1. The summed E-state index contributed by atoms with van der Waals surface area (Å²) in [7, 11) is 0. The van der Waals surface area contributed by atoms with Gasteiger partial charge in [-0.25, -0.2) is 0 Å². The van der Waals surface area contributed by atoms with Crippen molar-refractivity contribution in [3.05, 3.63) is 70.9 Å². The Morgan fingerprint density at radius 3 is 2.56 bits per heavy atom. The second-order valence-corrected chi connectivity index (χ2v) is 6.31. The number of hydrogen-bond donors (Lipinski definition) is 2. The Morgan fingerprint density at radius 2 is 1.88 bits per heavy atom. The van der Waals surface area contributed by atoms with Crippen LogP contribution in [0.25, 0.3) is 11.3 Å². The summed E-state index contributed by atoms with van der Waals surface area (Å²) >= 11 is 0. The van der Waals surface area contributed by atoms with E-state index in [1.165, 1.54) is 5.56 Å². The number of nitrogens with zero attached hydrogens (tertiary/aromatic N) is 1. The van der Waals surface area contributed by atoms with Gasteiger partial charge in [-0.3, -0.25) is 9.89 Å². The van der Waals surface area contributed by atoms with Gasteiger partial charge in [0, 0.05) is 11.1 Å². The molecule has 25 heavy (non-hydrogen) atoms. The summed E-state index contributed by atoms with van der Waals surface area (Å²) in [5.41, 5.74) is 6.56. The second kappa shape index (κ2) is 7.34. The lowest BCUT2D eigenvalue weighted by Gasteiger charge is -2.10. The van der Waals surface area contributed by atoms with Gasteiger partial charge in [0.1, 0.15) is 5.69 Å². The van der Waals surface area contributed by atoms with Crippen LogP contribution >= 0.6 is 0 Å². The molecule has 0 spiro atoms. The van der Waals surface area contributed by atoms with Gasteiger partial charge in [0.15, 0.2) is 0 Å². The molecule has 0 saturated heterocycles. The van der Waals surface area contributed by atoms with E-state index in [9.17, 15) is 4.79 Å². The van der Waals surface area contributed by atoms with Crippen molar-refractivity contribution in [3.8, 4) is 11.3 Å². The van der Waals surface area contributed by atoms with Crippen LogP contribution in [0.15, 0.2) is 48.5 Å². The van der Waals surface area contributed by atoms with Gasteiger partial charge in [0.25, 0.3) is 5.91 Å². The number of rotatable bonds is 5. The Labute approximate surface area is 148 Å². The average Bonchev–Trinajstić information content (AvgIpc) is 2.98. The first-order valence-electron chi connectivity index (χ1n) is 8.61. The maximum atomic E-state index is 12.6. The van der Waals surface area contributed by atoms with Crippen molar-refractivity contribution in [2.45, 2.75) is 33.6 Å². The standard InChI is InChI=1S/C21H23N3O/c1-4-8-18-20(22-21(25)16-9-6-5-7-10-16)19(24-23-18)17-12-11-14(2)13-15(17)3/h5-7,9-13H,4,8H2,1-3H3,(H,22,25)(H,23,24). The fourth-order valence-corrected chi connectivity index (χ4v) is 2.99. The monoisotopic (exact) mass is 333 g/mol. The van der Waals surface area contributed by atoms with Crippen LogP contribution in [0.1, 0.15) is 40.5 Å². The van der Waals surface area contributed by atoms with Crippen molar-refractivity contribution in [2.75, 3.05) is 5.32 Å². The first kappa shape index (κ1) is 17.0. The molecule has 4 heteroatoms. The number of amides is 1. The minimum Gasteiger partial charge on any atom is -0.319 e. The molecule has 128 valence electrons. The molecule has 1 aromatic heterocycles. The summed E-state index contributed by atoms with van der Waals surface area (Å²) in [5, 5.41) is 10.7. The maximum Gasteiger partial charge on any atom is 0.255 e. The fourth-order valence-electron chi connectivity index (χ4n) is 2.99. The van der Waals surface area contributed by atoms with E-state index in [0.717, 1.165) is 41.0 Å². The zero-order valence-electron chi connectivity index (χ0n) is 14.9. The van der Waals surface area contributed by atoms with Gasteiger partial charge in [-0.05, 0) is 38.0 Å². The minimum absolute atomic E-state index is 0.120. The Balaban J connectivity index is 2.01. The third kappa shape index (κ3) is 3.63. The number of benzene rings is 2. The number of hydrogen-bond acceptors (Lipinski definition) is 2. The van der Waals surface area contributed by atoms with Crippen LogP contribution in [-0.2, 0) is 6.42 Å². The lowest BCUT2D eigenvalue weighted by molar-refractivity contribution is 0.102. The van der Waals surface area contributed by atoms with Crippen molar-refractivity contribution >= 4 is 11.6 Å². The summed E-state index contributed by atoms with van der Waals surface area (Å²) in [4.78, 5) is 12.6. The number of anilines is 1. The first-order valence-corrected chi connectivity index (χ1v) is 8.61. The topological polar surface area (TPSA) is 57.8 Å². The molecular formula is C21H23N3O. The van der Waals surface area contributed by atoms with Crippen molar-refractivity contribution in [1.29, 1.82) is 0 Å². The van der Waals surface area contributed by atoms with Crippen LogP contribution in [0.3, 0.4) is 0 Å². The van der Waals surface area contributed by atoms with E-state index < -0.39 is 0 Å². The van der Waals surface area contributed by atoms with E-state index in [1.807, 2.05) is 30.3 Å². The van der Waals surface area contributed by atoms with Crippen LogP contribution in [0.2, 0.25) is 0 Å². The zero-order chi connectivity index (χ0) is 17.8. The molecule has 0 radical (unpaired) electrons. The molecule has 0 fully saturated rings. The van der Waals surface area contributed by atoms with Crippen molar-refractivity contribution < 1.29 is 4.79 Å². The van der Waals surface area contributed by atoms with Crippen LogP contribution in [-0.4, -0.2) is 16.1 Å². The van der Waals surface area contributed by atoms with E-state index in [4.69, 9.17) is 0 Å². The summed E-state index contributed by atoms with van der Waals surface area (Å²) in [5.74, 6) is -0.120. The number of H-pyrrole nitrogens is 1. The molecule has 0 atom stereocenters. The van der Waals surface area contributed by atoms with Crippen molar-refractivity contribution in [3.63, 3.8) is 0 Å². The highest BCUT2D eigenvalue weighted by Crippen LogP contribution is 2.32. The molecule has 4 nitrogen and oxygen atoms in total. The predicted octanol–water partition coefficient (Wildman–Crippen LogP) is 4.90. The number of carbonyl (C=O) groups excluding carboxylic acids is 1. The normalized spacial score (nSPS) is 10.7. The molecule has 0 saturated carbocycles. The molecule has 0 unspecified atom stereocenters. The minimum atomic E-state index is -0.120. The highest BCUT2D eigenvalue weighted by Gasteiger charge is 2.18. The highest BCUT2D eigenvalue weighted by molar-refractivity contribution is 6.06. The molecule has 0 aliphatic rings. The third-order valence-electron chi connectivity index (χ3n) is 4.25. The molecule has 1 heterocycles. The molecule has 3 aromatic rings. The number of carbonyl (C=O) groups is 1. The van der Waals surface area contributed by atoms with Crippen molar-refractivity contribution in [1.82, 2.24) is 10.2 Å². The van der Waals surface area contributed by atoms with Gasteiger partial charge in [0.2, 0.25) is 0 Å². The van der Waals surface area contributed by atoms with E-state index in [1.54, 1.807) is 0 Å². The van der Waals surface area contributed by atoms with Gasteiger partial charge in [0.05, 0.1) is 11.4 Å². The second-order valence-electron chi connectivity index (χ2n) is 6.31. The predicted molar refractivity (Wildman–Crippen MR) is 102 cm³/mol. The Hall–Kier alpha value is -2.88. The lowest BCUT2D eigenvalue weighted by Crippen LogP contribution is -2.13. The van der Waals surface area contributed by atoms with E-state index in [2.05, 4.69) is 54.5 Å². The van der Waals surface area contributed by atoms with E-state index >= 15 is 0 Å². The lowest BCUT2D eigenvalue weighted by atomic mass is 10.0. The molecular weight excluding hydrogens is 310 g/mol. The van der Waals surface area contributed by atoms with Crippen LogP contribution in [0.5, 0.6) is 0 Å². The van der Waals surface area contributed by atoms with Crippen LogP contribution in [0.4, 0.5) is 5.69 Å². The van der Waals surface area contributed by atoms with Crippen molar-refractivity contribution in [2.24, 2.45) is 0 Å². The summed E-state index contributed by atoms with van der Waals surface area (Å²) in [6.07, 6.45) is 1.81. The zero-order valence-corrected chi connectivity index (χ0v) is 14.9. The average molecular weight is 333 g/mol. The fraction of sp³-hybridized carbons (Fsp3) is 0.238. The van der Waals surface area contributed by atoms with Gasteiger partial charge in [-0.15, -0.1) is 0 Å². The van der Waals surface area contributed by atoms with Gasteiger partial charge in [-0.2, -0.15) is 5.10 Å². The van der Waals surface area contributed by atoms with Crippen LogP contribution in [0, 0.1) is 13.8 Å². The Morgan fingerprint density at radius 1 is 1.12 bits per heavy atom. The summed E-state index contributed by atoms with van der Waals surface area (Å²) < 4.78 is 0. The van der Waals surface area contributed by atoms with Gasteiger partial charge < -0.3 is 5.32 Å². The van der Waals surface area contributed by atoms with E-state index in [0.29, 0.717) is 5.56 Å². The Kier molecular flexibility index (Phi) is 4.98. The van der Waals surface area contributed by atoms with Gasteiger partial charge in [-0.1, -0.05) is 55.3 Å². The van der Waals surface area contributed by atoms with Crippen LogP contribution < -0.4 is 5.32 Å². The number of aromatic amines is 1.